The number of carbonyl (C=O) groups is 1. The standard InChI is InChI=1S/C13H28N2O2/c1-10(2)17-9-7-6-8-15-12(16)11(14)13(3,4)5/h10-11H,6-9,14H2,1-5H3,(H,15,16)/t11-/m1/s1. The van der Waals surface area contributed by atoms with E-state index in [1.807, 2.05) is 34.6 Å². The third-order valence-electron chi connectivity index (χ3n) is 2.54. The summed E-state index contributed by atoms with van der Waals surface area (Å²) < 4.78 is 5.41. The van der Waals surface area contributed by atoms with Crippen LogP contribution in [0, 0.1) is 5.41 Å². The van der Waals surface area contributed by atoms with Gasteiger partial charge in [-0.05, 0) is 32.1 Å². The fourth-order valence-corrected chi connectivity index (χ4v) is 1.26. The highest BCUT2D eigenvalue weighted by Crippen LogP contribution is 2.16. The predicted octanol–water partition coefficient (Wildman–Crippen LogP) is 1.68. The zero-order valence-electron chi connectivity index (χ0n) is 11.9. The first-order chi connectivity index (χ1) is 7.75. The number of unbranched alkanes of at least 4 members (excludes halogenated alkanes) is 1. The van der Waals surface area contributed by atoms with E-state index in [-0.39, 0.29) is 17.4 Å². The van der Waals surface area contributed by atoms with Crippen molar-refractivity contribution in [3.05, 3.63) is 0 Å². The SMILES string of the molecule is CC(C)OCCCCNC(=O)[C@@H](N)C(C)(C)C. The molecule has 0 bridgehead atoms. The van der Waals surface area contributed by atoms with Crippen molar-refractivity contribution in [2.45, 2.75) is 59.6 Å². The van der Waals surface area contributed by atoms with Gasteiger partial charge in [-0.15, -0.1) is 0 Å². The van der Waals surface area contributed by atoms with Crippen LogP contribution in [0.4, 0.5) is 0 Å². The molecular formula is C13H28N2O2. The minimum absolute atomic E-state index is 0.0673. The first kappa shape index (κ1) is 16.4. The second-order valence-corrected chi connectivity index (χ2v) is 5.76. The minimum Gasteiger partial charge on any atom is -0.379 e. The Bertz CT molecular complexity index is 222. The molecule has 0 aromatic rings. The van der Waals surface area contributed by atoms with E-state index in [0.29, 0.717) is 6.54 Å². The fourth-order valence-electron chi connectivity index (χ4n) is 1.26. The molecule has 0 heterocycles. The van der Waals surface area contributed by atoms with Crippen molar-refractivity contribution in [1.82, 2.24) is 5.32 Å². The third-order valence-corrected chi connectivity index (χ3v) is 2.54. The second kappa shape index (κ2) is 7.67. The number of carbonyl (C=O) groups excluding carboxylic acids is 1. The van der Waals surface area contributed by atoms with Crippen LogP contribution in [0.25, 0.3) is 0 Å². The lowest BCUT2D eigenvalue weighted by Gasteiger charge is -2.25. The van der Waals surface area contributed by atoms with Gasteiger partial charge < -0.3 is 15.8 Å². The largest absolute Gasteiger partial charge is 0.379 e. The summed E-state index contributed by atoms with van der Waals surface area (Å²) in [7, 11) is 0. The molecule has 3 N–H and O–H groups in total. The highest BCUT2D eigenvalue weighted by atomic mass is 16.5. The molecule has 17 heavy (non-hydrogen) atoms. The molecule has 1 amide bonds. The number of nitrogens with one attached hydrogen (secondary N) is 1. The van der Waals surface area contributed by atoms with E-state index >= 15 is 0 Å². The van der Waals surface area contributed by atoms with Gasteiger partial charge in [0.2, 0.25) is 5.91 Å². The van der Waals surface area contributed by atoms with Crippen molar-refractivity contribution in [1.29, 1.82) is 0 Å². The molecule has 4 heteroatoms. The van der Waals surface area contributed by atoms with Crippen LogP contribution in [0.1, 0.15) is 47.5 Å². The Labute approximate surface area is 105 Å². The van der Waals surface area contributed by atoms with Crippen LogP contribution >= 0.6 is 0 Å². The summed E-state index contributed by atoms with van der Waals surface area (Å²) in [6.45, 7) is 11.4. The van der Waals surface area contributed by atoms with E-state index in [4.69, 9.17) is 10.5 Å². The first-order valence-electron chi connectivity index (χ1n) is 6.40. The van der Waals surface area contributed by atoms with E-state index in [0.717, 1.165) is 19.4 Å². The van der Waals surface area contributed by atoms with Gasteiger partial charge in [0, 0.05) is 13.2 Å². The lowest BCUT2D eigenvalue weighted by atomic mass is 9.87. The van der Waals surface area contributed by atoms with E-state index in [2.05, 4.69) is 5.32 Å². The Morgan fingerprint density at radius 2 is 1.88 bits per heavy atom. The van der Waals surface area contributed by atoms with Gasteiger partial charge in [-0.1, -0.05) is 20.8 Å². The summed E-state index contributed by atoms with van der Waals surface area (Å²) in [4.78, 5) is 11.7. The van der Waals surface area contributed by atoms with E-state index in [1.165, 1.54) is 0 Å². The van der Waals surface area contributed by atoms with Crippen LogP contribution in [-0.4, -0.2) is 31.2 Å². The molecule has 0 spiro atoms. The van der Waals surface area contributed by atoms with Gasteiger partial charge in [-0.3, -0.25) is 4.79 Å². The summed E-state index contributed by atoms with van der Waals surface area (Å²) >= 11 is 0. The zero-order valence-corrected chi connectivity index (χ0v) is 11.9. The quantitative estimate of drug-likeness (QED) is 0.670. The Hall–Kier alpha value is -0.610. The Morgan fingerprint density at radius 1 is 1.29 bits per heavy atom. The van der Waals surface area contributed by atoms with Crippen molar-refractivity contribution in [2.24, 2.45) is 11.1 Å². The van der Waals surface area contributed by atoms with Crippen LogP contribution in [0.5, 0.6) is 0 Å². The average Bonchev–Trinajstić information content (AvgIpc) is 2.19. The van der Waals surface area contributed by atoms with Crippen molar-refractivity contribution in [2.75, 3.05) is 13.2 Å². The minimum atomic E-state index is -0.450. The summed E-state index contributed by atoms with van der Waals surface area (Å²) in [5.41, 5.74) is 5.65. The fraction of sp³-hybridized carbons (Fsp3) is 0.923. The van der Waals surface area contributed by atoms with Crippen LogP contribution in [-0.2, 0) is 9.53 Å². The molecule has 0 fully saturated rings. The lowest BCUT2D eigenvalue weighted by molar-refractivity contribution is -0.124. The maximum Gasteiger partial charge on any atom is 0.237 e. The van der Waals surface area contributed by atoms with Crippen molar-refractivity contribution in [3.63, 3.8) is 0 Å². The van der Waals surface area contributed by atoms with E-state index in [9.17, 15) is 4.79 Å². The highest BCUT2D eigenvalue weighted by Gasteiger charge is 2.26. The Morgan fingerprint density at radius 3 is 2.35 bits per heavy atom. The van der Waals surface area contributed by atoms with Gasteiger partial charge in [-0.2, -0.15) is 0 Å². The monoisotopic (exact) mass is 244 g/mol. The molecule has 0 aromatic heterocycles. The van der Waals surface area contributed by atoms with E-state index < -0.39 is 6.04 Å². The molecule has 4 nitrogen and oxygen atoms in total. The average molecular weight is 244 g/mol. The van der Waals surface area contributed by atoms with Crippen molar-refractivity contribution < 1.29 is 9.53 Å². The molecule has 0 aliphatic rings. The normalized spacial score (nSPS) is 13.8. The van der Waals surface area contributed by atoms with Gasteiger partial charge in [0.15, 0.2) is 0 Å². The molecule has 0 unspecified atom stereocenters. The van der Waals surface area contributed by atoms with Gasteiger partial charge in [0.25, 0.3) is 0 Å². The number of rotatable bonds is 7. The topological polar surface area (TPSA) is 64.3 Å². The Kier molecular flexibility index (Phi) is 7.39. The summed E-state index contributed by atoms with van der Waals surface area (Å²) in [5, 5.41) is 2.86. The molecule has 0 saturated carbocycles. The molecule has 1 atom stereocenters. The number of nitrogens with two attached hydrogens (primary N) is 1. The molecule has 0 rings (SSSR count). The molecule has 0 aliphatic carbocycles. The Balaban J connectivity index is 3.59. The lowest BCUT2D eigenvalue weighted by Crippen LogP contribution is -2.48. The number of hydrogen-bond acceptors (Lipinski definition) is 3. The molecule has 0 saturated heterocycles. The maximum absolute atomic E-state index is 11.7. The summed E-state index contributed by atoms with van der Waals surface area (Å²) in [6.07, 6.45) is 2.16. The van der Waals surface area contributed by atoms with Gasteiger partial charge >= 0.3 is 0 Å². The van der Waals surface area contributed by atoms with Crippen LogP contribution in [0.3, 0.4) is 0 Å². The van der Waals surface area contributed by atoms with Gasteiger partial charge in [0.05, 0.1) is 12.1 Å². The highest BCUT2D eigenvalue weighted by molar-refractivity contribution is 5.82. The molecule has 0 radical (unpaired) electrons. The predicted molar refractivity (Wildman–Crippen MR) is 70.8 cm³/mol. The summed E-state index contributed by atoms with van der Waals surface area (Å²) in [5.74, 6) is -0.0673. The van der Waals surface area contributed by atoms with Crippen molar-refractivity contribution in [3.8, 4) is 0 Å². The molecule has 0 aliphatic heterocycles. The van der Waals surface area contributed by atoms with Crippen LogP contribution in [0.15, 0.2) is 0 Å². The number of amides is 1. The van der Waals surface area contributed by atoms with Crippen molar-refractivity contribution >= 4 is 5.91 Å². The maximum atomic E-state index is 11.7. The van der Waals surface area contributed by atoms with Crippen LogP contribution < -0.4 is 11.1 Å². The second-order valence-electron chi connectivity index (χ2n) is 5.76. The molecule has 102 valence electrons. The smallest absolute Gasteiger partial charge is 0.237 e. The molecular weight excluding hydrogens is 216 g/mol. The summed E-state index contributed by atoms with van der Waals surface area (Å²) in [6, 6.07) is -0.450. The third kappa shape index (κ3) is 8.16. The van der Waals surface area contributed by atoms with Gasteiger partial charge in [-0.25, -0.2) is 0 Å². The first-order valence-corrected chi connectivity index (χ1v) is 6.40. The number of ether oxygens (including phenoxy) is 1. The van der Waals surface area contributed by atoms with Gasteiger partial charge in [0.1, 0.15) is 0 Å². The molecule has 0 aromatic carbocycles. The zero-order chi connectivity index (χ0) is 13.5. The van der Waals surface area contributed by atoms with Crippen LogP contribution in [0.2, 0.25) is 0 Å². The number of hydrogen-bond donors (Lipinski definition) is 2. The van der Waals surface area contributed by atoms with E-state index in [1.54, 1.807) is 0 Å².